The summed E-state index contributed by atoms with van der Waals surface area (Å²) >= 11 is 1.41. The Hall–Kier alpha value is -3.31. The molecule has 0 radical (unpaired) electrons. The van der Waals surface area contributed by atoms with Gasteiger partial charge in [-0.25, -0.2) is 9.97 Å². The molecule has 28 heavy (non-hydrogen) atoms. The molecule has 3 aromatic rings. The van der Waals surface area contributed by atoms with Crippen molar-refractivity contribution < 1.29 is 9.47 Å². The second-order valence-corrected chi connectivity index (χ2v) is 6.41. The average Bonchev–Trinajstić information content (AvgIpc) is 2.77. The molecular formula is C20H19N5O2S. The first kappa shape index (κ1) is 19.5. The van der Waals surface area contributed by atoms with E-state index in [1.165, 1.54) is 11.8 Å². The fraction of sp³-hybridized carbons (Fsp3) is 0.200. The zero-order valence-electron chi connectivity index (χ0n) is 15.8. The number of aromatic nitrogens is 3. The Labute approximate surface area is 167 Å². The van der Waals surface area contributed by atoms with E-state index in [9.17, 15) is 5.26 Å². The lowest BCUT2D eigenvalue weighted by Crippen LogP contribution is -2.08. The molecule has 2 heterocycles. The van der Waals surface area contributed by atoms with Gasteiger partial charge in [-0.2, -0.15) is 5.26 Å². The predicted molar refractivity (Wildman–Crippen MR) is 109 cm³/mol. The molecule has 0 bridgehead atoms. The number of hydrogen-bond acceptors (Lipinski definition) is 8. The van der Waals surface area contributed by atoms with E-state index < -0.39 is 0 Å². The standard InChI is InChI=1S/C20H19N5O2S/c1-26-16-8-7-13(10-17(16)27-2)18-15(11-21)19(25-20(24-18)28-3)23-12-14-6-4-5-9-22-14/h4-10H,12H2,1-3H3,(H,23,24,25). The van der Waals surface area contributed by atoms with Crippen LogP contribution in [0.1, 0.15) is 11.3 Å². The quantitative estimate of drug-likeness (QED) is 0.479. The van der Waals surface area contributed by atoms with E-state index in [0.29, 0.717) is 40.3 Å². The van der Waals surface area contributed by atoms with Crippen molar-refractivity contribution in [2.45, 2.75) is 11.7 Å². The molecule has 1 aromatic carbocycles. The highest BCUT2D eigenvalue weighted by molar-refractivity contribution is 7.98. The second-order valence-electron chi connectivity index (χ2n) is 5.64. The number of pyridine rings is 1. The van der Waals surface area contributed by atoms with Crippen LogP contribution in [-0.4, -0.2) is 35.4 Å². The molecule has 1 N–H and O–H groups in total. The minimum atomic E-state index is 0.362. The van der Waals surface area contributed by atoms with Gasteiger partial charge in [0.1, 0.15) is 17.5 Å². The van der Waals surface area contributed by atoms with Crippen LogP contribution in [-0.2, 0) is 6.54 Å². The highest BCUT2D eigenvalue weighted by atomic mass is 32.2. The topological polar surface area (TPSA) is 93.0 Å². The first-order chi connectivity index (χ1) is 13.7. The van der Waals surface area contributed by atoms with Crippen molar-refractivity contribution in [3.8, 4) is 28.8 Å². The van der Waals surface area contributed by atoms with Crippen molar-refractivity contribution in [2.75, 3.05) is 25.8 Å². The van der Waals surface area contributed by atoms with E-state index in [2.05, 4.69) is 26.3 Å². The smallest absolute Gasteiger partial charge is 0.189 e. The summed E-state index contributed by atoms with van der Waals surface area (Å²) in [5.74, 6) is 1.64. The average molecular weight is 393 g/mol. The van der Waals surface area contributed by atoms with Crippen LogP contribution in [0.3, 0.4) is 0 Å². The number of ether oxygens (including phenoxy) is 2. The molecule has 0 atom stereocenters. The normalized spacial score (nSPS) is 10.2. The molecule has 0 saturated heterocycles. The molecule has 2 aromatic heterocycles. The second kappa shape index (κ2) is 9.06. The maximum atomic E-state index is 9.80. The SMILES string of the molecule is COc1ccc(-c2nc(SC)nc(NCc3ccccn3)c2C#N)cc1OC. The van der Waals surface area contributed by atoms with Gasteiger partial charge in [0.05, 0.1) is 32.2 Å². The Morgan fingerprint density at radius 1 is 1.11 bits per heavy atom. The summed E-state index contributed by atoms with van der Waals surface area (Å²) in [5.41, 5.74) is 2.49. The van der Waals surface area contributed by atoms with Gasteiger partial charge in [0.25, 0.3) is 0 Å². The highest BCUT2D eigenvalue weighted by Crippen LogP contribution is 2.35. The van der Waals surface area contributed by atoms with Gasteiger partial charge in [-0.3, -0.25) is 4.98 Å². The number of nitrogens with zero attached hydrogens (tertiary/aromatic N) is 4. The van der Waals surface area contributed by atoms with Crippen molar-refractivity contribution in [2.24, 2.45) is 0 Å². The lowest BCUT2D eigenvalue weighted by Gasteiger charge is -2.13. The summed E-state index contributed by atoms with van der Waals surface area (Å²) in [5, 5.41) is 13.6. The third kappa shape index (κ3) is 4.15. The summed E-state index contributed by atoms with van der Waals surface area (Å²) in [6, 6.07) is 13.3. The Balaban J connectivity index is 2.05. The molecule has 0 fully saturated rings. The molecule has 0 saturated carbocycles. The number of hydrogen-bond donors (Lipinski definition) is 1. The van der Waals surface area contributed by atoms with Gasteiger partial charge in [0.15, 0.2) is 16.7 Å². The maximum Gasteiger partial charge on any atom is 0.189 e. The van der Waals surface area contributed by atoms with Crippen LogP contribution in [0.15, 0.2) is 47.8 Å². The van der Waals surface area contributed by atoms with Crippen LogP contribution in [0.25, 0.3) is 11.3 Å². The van der Waals surface area contributed by atoms with Crippen molar-refractivity contribution in [1.82, 2.24) is 15.0 Å². The number of benzene rings is 1. The number of methoxy groups -OCH3 is 2. The number of nitriles is 1. The first-order valence-corrected chi connectivity index (χ1v) is 9.65. The van der Waals surface area contributed by atoms with Crippen molar-refractivity contribution in [3.63, 3.8) is 0 Å². The summed E-state index contributed by atoms with van der Waals surface area (Å²) < 4.78 is 10.7. The summed E-state index contributed by atoms with van der Waals surface area (Å²) in [7, 11) is 3.15. The fourth-order valence-electron chi connectivity index (χ4n) is 2.63. The molecular weight excluding hydrogens is 374 g/mol. The molecule has 0 unspecified atom stereocenters. The Kier molecular flexibility index (Phi) is 6.29. The summed E-state index contributed by atoms with van der Waals surface area (Å²) in [6.07, 6.45) is 3.62. The van der Waals surface area contributed by atoms with Gasteiger partial charge in [-0.15, -0.1) is 0 Å². The van der Waals surface area contributed by atoms with E-state index in [1.807, 2.05) is 30.5 Å². The number of anilines is 1. The van der Waals surface area contributed by atoms with Crippen LogP contribution in [0.2, 0.25) is 0 Å². The van der Waals surface area contributed by atoms with Crippen molar-refractivity contribution in [1.29, 1.82) is 5.26 Å². The van der Waals surface area contributed by atoms with Gasteiger partial charge >= 0.3 is 0 Å². The lowest BCUT2D eigenvalue weighted by atomic mass is 10.1. The Bertz CT molecular complexity index is 1010. The number of thioether (sulfide) groups is 1. The van der Waals surface area contributed by atoms with Gasteiger partial charge in [-0.05, 0) is 36.6 Å². The predicted octanol–water partition coefficient (Wildman–Crippen LogP) is 3.76. The zero-order valence-corrected chi connectivity index (χ0v) is 16.6. The monoisotopic (exact) mass is 393 g/mol. The third-order valence-corrected chi connectivity index (χ3v) is 4.55. The van der Waals surface area contributed by atoms with E-state index in [4.69, 9.17) is 9.47 Å². The van der Waals surface area contributed by atoms with Crippen LogP contribution >= 0.6 is 11.8 Å². The highest BCUT2D eigenvalue weighted by Gasteiger charge is 2.17. The van der Waals surface area contributed by atoms with Crippen LogP contribution in [0.5, 0.6) is 11.5 Å². The lowest BCUT2D eigenvalue weighted by molar-refractivity contribution is 0.355. The van der Waals surface area contributed by atoms with Crippen molar-refractivity contribution >= 4 is 17.6 Å². The zero-order chi connectivity index (χ0) is 19.9. The van der Waals surface area contributed by atoms with Gasteiger partial charge < -0.3 is 14.8 Å². The Morgan fingerprint density at radius 2 is 1.93 bits per heavy atom. The number of rotatable bonds is 7. The van der Waals surface area contributed by atoms with Crippen LogP contribution in [0.4, 0.5) is 5.82 Å². The largest absolute Gasteiger partial charge is 0.493 e. The van der Waals surface area contributed by atoms with Gasteiger partial charge in [0.2, 0.25) is 0 Å². The van der Waals surface area contributed by atoms with Gasteiger partial charge in [0, 0.05) is 11.8 Å². The van der Waals surface area contributed by atoms with E-state index >= 15 is 0 Å². The minimum absolute atomic E-state index is 0.362. The molecule has 0 aliphatic heterocycles. The van der Waals surface area contributed by atoms with E-state index in [1.54, 1.807) is 32.5 Å². The maximum absolute atomic E-state index is 9.80. The number of nitrogens with one attached hydrogen (secondary N) is 1. The molecule has 0 amide bonds. The summed E-state index contributed by atoms with van der Waals surface area (Å²) in [4.78, 5) is 13.3. The van der Waals surface area contributed by atoms with E-state index in [-0.39, 0.29) is 0 Å². The Morgan fingerprint density at radius 3 is 2.57 bits per heavy atom. The fourth-order valence-corrected chi connectivity index (χ4v) is 3.00. The molecule has 0 aliphatic rings. The molecule has 8 heteroatoms. The minimum Gasteiger partial charge on any atom is -0.493 e. The first-order valence-electron chi connectivity index (χ1n) is 8.42. The molecule has 7 nitrogen and oxygen atoms in total. The molecule has 0 spiro atoms. The molecule has 142 valence electrons. The van der Waals surface area contributed by atoms with Gasteiger partial charge in [-0.1, -0.05) is 17.8 Å². The van der Waals surface area contributed by atoms with Crippen LogP contribution < -0.4 is 14.8 Å². The molecule has 0 aliphatic carbocycles. The third-order valence-electron chi connectivity index (χ3n) is 4.00. The van der Waals surface area contributed by atoms with E-state index in [0.717, 1.165) is 11.3 Å². The van der Waals surface area contributed by atoms with Crippen LogP contribution in [0, 0.1) is 11.3 Å². The molecule has 3 rings (SSSR count). The summed E-state index contributed by atoms with van der Waals surface area (Å²) in [6.45, 7) is 0.450. The van der Waals surface area contributed by atoms with Crippen molar-refractivity contribution in [3.05, 3.63) is 53.9 Å².